The lowest BCUT2D eigenvalue weighted by molar-refractivity contribution is 0.282. The number of nitrogens with one attached hydrogen (secondary N) is 2. The number of unbranched alkanes of at least 4 members (excludes halogenated alkanes) is 1. The summed E-state index contributed by atoms with van der Waals surface area (Å²) in [6.45, 7) is 0.177. The molecular formula is C21H22N2O3. The second kappa shape index (κ2) is 6.77. The molecule has 0 saturated carbocycles. The minimum atomic E-state index is 0.0904. The molecule has 0 aliphatic rings. The predicted octanol–water partition coefficient (Wildman–Crippen LogP) is 4.35. The molecule has 0 amide bonds. The third kappa shape index (κ3) is 2.91. The fourth-order valence-electron chi connectivity index (χ4n) is 3.78. The van der Waals surface area contributed by atoms with E-state index in [2.05, 4.69) is 9.97 Å². The van der Waals surface area contributed by atoms with E-state index in [1.807, 2.05) is 24.5 Å². The van der Waals surface area contributed by atoms with Crippen molar-refractivity contribution in [2.24, 2.45) is 0 Å². The second-order valence-corrected chi connectivity index (χ2v) is 6.72. The highest BCUT2D eigenvalue weighted by atomic mass is 16.3. The maximum absolute atomic E-state index is 9.92. The van der Waals surface area contributed by atoms with Gasteiger partial charge in [0, 0.05) is 46.7 Å². The molecule has 2 heterocycles. The van der Waals surface area contributed by atoms with Gasteiger partial charge in [0.2, 0.25) is 0 Å². The molecule has 0 aliphatic heterocycles. The molecule has 0 radical (unpaired) electrons. The molecule has 4 aromatic rings. The van der Waals surface area contributed by atoms with Crippen molar-refractivity contribution in [3.63, 3.8) is 0 Å². The Morgan fingerprint density at radius 2 is 1.31 bits per heavy atom. The molecule has 0 aliphatic carbocycles. The minimum absolute atomic E-state index is 0.0904. The topological polar surface area (TPSA) is 92.3 Å². The van der Waals surface area contributed by atoms with Crippen molar-refractivity contribution in [1.82, 2.24) is 9.97 Å². The van der Waals surface area contributed by atoms with Crippen LogP contribution in [-0.4, -0.2) is 31.9 Å². The zero-order chi connectivity index (χ0) is 18.1. The molecule has 4 rings (SSSR count). The summed E-state index contributed by atoms with van der Waals surface area (Å²) in [6, 6.07) is 10.7. The maximum Gasteiger partial charge on any atom is 0.116 e. The Morgan fingerprint density at radius 1 is 0.769 bits per heavy atom. The van der Waals surface area contributed by atoms with E-state index < -0.39 is 0 Å². The Hall–Kier alpha value is -2.92. The fourth-order valence-corrected chi connectivity index (χ4v) is 3.78. The number of aromatic nitrogens is 2. The Kier molecular flexibility index (Phi) is 4.31. The predicted molar refractivity (Wildman–Crippen MR) is 103 cm³/mol. The highest BCUT2D eigenvalue weighted by Crippen LogP contribution is 2.39. The van der Waals surface area contributed by atoms with Crippen molar-refractivity contribution >= 4 is 21.8 Å². The van der Waals surface area contributed by atoms with Crippen molar-refractivity contribution < 1.29 is 15.3 Å². The molecule has 0 fully saturated rings. The molecule has 2 aromatic carbocycles. The van der Waals surface area contributed by atoms with E-state index in [9.17, 15) is 15.3 Å². The summed E-state index contributed by atoms with van der Waals surface area (Å²) in [6.07, 6.45) is 6.49. The van der Waals surface area contributed by atoms with Crippen LogP contribution in [0.2, 0.25) is 0 Å². The van der Waals surface area contributed by atoms with Gasteiger partial charge in [-0.15, -0.1) is 0 Å². The summed E-state index contributed by atoms with van der Waals surface area (Å²) in [7, 11) is 0. The molecular weight excluding hydrogens is 328 g/mol. The number of aromatic hydroxyl groups is 2. The van der Waals surface area contributed by atoms with E-state index >= 15 is 0 Å². The molecule has 134 valence electrons. The van der Waals surface area contributed by atoms with Gasteiger partial charge in [-0.3, -0.25) is 0 Å². The van der Waals surface area contributed by atoms with E-state index in [-0.39, 0.29) is 24.0 Å². The lowest BCUT2D eigenvalue weighted by Crippen LogP contribution is -2.01. The number of aliphatic hydroxyl groups excluding tert-OH is 1. The first kappa shape index (κ1) is 16.5. The van der Waals surface area contributed by atoms with E-state index in [0.717, 1.165) is 52.2 Å². The normalized spacial score (nSPS) is 11.8. The van der Waals surface area contributed by atoms with Crippen LogP contribution in [0.1, 0.15) is 36.3 Å². The number of phenolic OH excluding ortho intramolecular Hbond substituents is 2. The molecule has 0 spiro atoms. The van der Waals surface area contributed by atoms with Crippen LogP contribution in [0.25, 0.3) is 21.8 Å². The average Bonchev–Trinajstić information content (AvgIpc) is 3.23. The number of fused-ring (bicyclic) bond motifs is 2. The molecule has 0 atom stereocenters. The van der Waals surface area contributed by atoms with E-state index in [0.29, 0.717) is 0 Å². The molecule has 5 heteroatoms. The van der Waals surface area contributed by atoms with Crippen LogP contribution < -0.4 is 0 Å². The van der Waals surface area contributed by atoms with Crippen LogP contribution in [0.4, 0.5) is 0 Å². The van der Waals surface area contributed by atoms with Crippen LogP contribution in [0, 0.1) is 0 Å². The molecule has 2 aromatic heterocycles. The third-order valence-electron chi connectivity index (χ3n) is 5.05. The maximum atomic E-state index is 9.92. The molecule has 0 bridgehead atoms. The summed E-state index contributed by atoms with van der Waals surface area (Å²) >= 11 is 0. The second-order valence-electron chi connectivity index (χ2n) is 6.72. The average molecular weight is 350 g/mol. The highest BCUT2D eigenvalue weighted by molar-refractivity contribution is 5.89. The number of phenols is 2. The van der Waals surface area contributed by atoms with Crippen molar-refractivity contribution in [2.45, 2.75) is 25.2 Å². The molecule has 5 nitrogen and oxygen atoms in total. The largest absolute Gasteiger partial charge is 0.508 e. The van der Waals surface area contributed by atoms with E-state index in [4.69, 9.17) is 0 Å². The monoisotopic (exact) mass is 350 g/mol. The van der Waals surface area contributed by atoms with Crippen molar-refractivity contribution in [2.75, 3.05) is 6.61 Å². The third-order valence-corrected chi connectivity index (χ3v) is 5.05. The minimum Gasteiger partial charge on any atom is -0.508 e. The van der Waals surface area contributed by atoms with Gasteiger partial charge in [0.1, 0.15) is 11.5 Å². The summed E-state index contributed by atoms with van der Waals surface area (Å²) < 4.78 is 0. The first-order chi connectivity index (χ1) is 12.7. The van der Waals surface area contributed by atoms with Crippen molar-refractivity contribution in [3.05, 3.63) is 59.9 Å². The van der Waals surface area contributed by atoms with Gasteiger partial charge < -0.3 is 25.3 Å². The number of H-pyrrole nitrogens is 2. The van der Waals surface area contributed by atoms with Crippen LogP contribution in [0.5, 0.6) is 11.5 Å². The Bertz CT molecular complexity index is 968. The summed E-state index contributed by atoms with van der Waals surface area (Å²) in [5.74, 6) is 0.570. The lowest BCUT2D eigenvalue weighted by atomic mass is 9.86. The standard InChI is InChI=1S/C21H22N2O3/c24-8-2-1-3-15(18-11-22-20-6-4-13(25)9-16(18)20)19-12-23-21-7-5-14(26)10-17(19)21/h4-7,9-12,15,22-26H,1-3,8H2. The van der Waals surface area contributed by atoms with E-state index in [1.165, 1.54) is 0 Å². The van der Waals surface area contributed by atoms with Crippen LogP contribution in [0.3, 0.4) is 0 Å². The zero-order valence-corrected chi connectivity index (χ0v) is 14.4. The summed E-state index contributed by atoms with van der Waals surface area (Å²) in [4.78, 5) is 6.58. The summed E-state index contributed by atoms with van der Waals surface area (Å²) in [5.41, 5.74) is 4.18. The Labute approximate surface area is 150 Å². The number of rotatable bonds is 6. The number of aliphatic hydroxyl groups is 1. The number of aromatic amines is 2. The summed E-state index contributed by atoms with van der Waals surface area (Å²) in [5, 5.41) is 31.0. The van der Waals surface area contributed by atoms with Gasteiger partial charge in [-0.1, -0.05) is 6.42 Å². The van der Waals surface area contributed by atoms with Gasteiger partial charge >= 0.3 is 0 Å². The fraction of sp³-hybridized carbons (Fsp3) is 0.238. The molecule has 5 N–H and O–H groups in total. The van der Waals surface area contributed by atoms with Gasteiger partial charge in [-0.2, -0.15) is 0 Å². The van der Waals surface area contributed by atoms with Crippen LogP contribution >= 0.6 is 0 Å². The Morgan fingerprint density at radius 3 is 1.81 bits per heavy atom. The van der Waals surface area contributed by atoms with Crippen molar-refractivity contribution in [1.29, 1.82) is 0 Å². The first-order valence-electron chi connectivity index (χ1n) is 8.88. The number of benzene rings is 2. The quantitative estimate of drug-likeness (QED) is 0.335. The number of hydrogen-bond acceptors (Lipinski definition) is 3. The number of hydrogen-bond donors (Lipinski definition) is 5. The van der Waals surface area contributed by atoms with Gasteiger partial charge in [-0.05, 0) is 60.4 Å². The van der Waals surface area contributed by atoms with Crippen LogP contribution in [-0.2, 0) is 0 Å². The van der Waals surface area contributed by atoms with Gasteiger partial charge in [-0.25, -0.2) is 0 Å². The lowest BCUT2D eigenvalue weighted by Gasteiger charge is -2.16. The van der Waals surface area contributed by atoms with Crippen LogP contribution in [0.15, 0.2) is 48.8 Å². The molecule has 0 unspecified atom stereocenters. The van der Waals surface area contributed by atoms with Crippen molar-refractivity contribution in [3.8, 4) is 11.5 Å². The first-order valence-corrected chi connectivity index (χ1v) is 8.88. The van der Waals surface area contributed by atoms with E-state index in [1.54, 1.807) is 24.3 Å². The highest BCUT2D eigenvalue weighted by Gasteiger charge is 2.21. The smallest absolute Gasteiger partial charge is 0.116 e. The zero-order valence-electron chi connectivity index (χ0n) is 14.4. The Balaban J connectivity index is 1.85. The SMILES string of the molecule is OCCCCC(c1c[nH]c2ccc(O)cc12)c1c[nH]c2ccc(O)cc12. The van der Waals surface area contributed by atoms with Gasteiger partial charge in [0.05, 0.1) is 0 Å². The van der Waals surface area contributed by atoms with Gasteiger partial charge in [0.15, 0.2) is 0 Å². The molecule has 0 saturated heterocycles. The van der Waals surface area contributed by atoms with Gasteiger partial charge in [0.25, 0.3) is 0 Å². The molecule has 26 heavy (non-hydrogen) atoms.